The molecule has 4 rings (SSSR count). The lowest BCUT2D eigenvalue weighted by molar-refractivity contribution is -0.143. The Morgan fingerprint density at radius 3 is 2.24 bits per heavy atom. The van der Waals surface area contributed by atoms with Crippen molar-refractivity contribution in [1.82, 2.24) is 5.32 Å². The number of ether oxygens (including phenoxy) is 1. The average Bonchev–Trinajstić information content (AvgIpc) is 3.02. The Hall–Kier alpha value is -3.08. The molecule has 0 saturated carbocycles. The van der Waals surface area contributed by atoms with Crippen molar-refractivity contribution in [1.29, 1.82) is 0 Å². The van der Waals surface area contributed by atoms with Crippen LogP contribution in [0.2, 0.25) is 0 Å². The van der Waals surface area contributed by atoms with E-state index in [1.54, 1.807) is 0 Å². The van der Waals surface area contributed by atoms with E-state index in [1.807, 2.05) is 44.2 Å². The van der Waals surface area contributed by atoms with E-state index in [0.29, 0.717) is 6.42 Å². The molecule has 0 unspecified atom stereocenters. The summed E-state index contributed by atoms with van der Waals surface area (Å²) in [5.74, 6) is -1.38. The van der Waals surface area contributed by atoms with Crippen LogP contribution in [-0.4, -0.2) is 29.8 Å². The summed E-state index contributed by atoms with van der Waals surface area (Å²) in [6.07, 6.45) is 1.94. The maximum atomic E-state index is 12.5. The SMILES string of the molecule is CC1=C[C@H](C)C[C@H](C(=O)O)[C@@H]1NC(=O)OCC1c2ccccc2-c2ccccc21. The number of allylic oxidation sites excluding steroid dienone is 1. The predicted octanol–water partition coefficient (Wildman–Crippen LogP) is 4.58. The standard InChI is InChI=1S/C24H25NO4/c1-14-11-15(2)22(20(12-14)23(26)27)25-24(28)29-13-21-18-9-5-3-7-16(18)17-8-4-6-10-19(17)21/h3-11,14,20-22H,12-13H2,1-2H3,(H,25,28)(H,26,27)/t14-,20-,22+/m0/s1. The first-order chi connectivity index (χ1) is 14.0. The van der Waals surface area contributed by atoms with Crippen LogP contribution >= 0.6 is 0 Å². The van der Waals surface area contributed by atoms with E-state index >= 15 is 0 Å². The maximum Gasteiger partial charge on any atom is 0.407 e. The van der Waals surface area contributed by atoms with Gasteiger partial charge in [-0.05, 0) is 41.5 Å². The van der Waals surface area contributed by atoms with Crippen molar-refractivity contribution in [2.24, 2.45) is 11.8 Å². The molecular formula is C24H25NO4. The summed E-state index contributed by atoms with van der Waals surface area (Å²) < 4.78 is 5.58. The second-order valence-corrected chi connectivity index (χ2v) is 8.02. The number of carboxylic acids is 1. The smallest absolute Gasteiger partial charge is 0.407 e. The number of rotatable bonds is 4. The van der Waals surface area contributed by atoms with Crippen molar-refractivity contribution in [3.8, 4) is 11.1 Å². The summed E-state index contributed by atoms with van der Waals surface area (Å²) in [5.41, 5.74) is 5.50. The average molecular weight is 391 g/mol. The molecule has 2 aliphatic rings. The Morgan fingerprint density at radius 1 is 1.07 bits per heavy atom. The van der Waals surface area contributed by atoms with Crippen molar-refractivity contribution in [2.45, 2.75) is 32.2 Å². The van der Waals surface area contributed by atoms with Crippen LogP contribution in [-0.2, 0) is 9.53 Å². The fourth-order valence-electron chi connectivity index (χ4n) is 4.70. The number of carbonyl (C=O) groups is 2. The zero-order valence-electron chi connectivity index (χ0n) is 16.6. The minimum atomic E-state index is -0.895. The molecule has 0 heterocycles. The number of carbonyl (C=O) groups excluding carboxylic acids is 1. The number of benzene rings is 2. The number of carboxylic acid groups (broad SMARTS) is 1. The van der Waals surface area contributed by atoms with E-state index in [4.69, 9.17) is 4.74 Å². The summed E-state index contributed by atoms with van der Waals surface area (Å²) in [6.45, 7) is 4.06. The Morgan fingerprint density at radius 2 is 1.66 bits per heavy atom. The van der Waals surface area contributed by atoms with Crippen LogP contribution < -0.4 is 5.32 Å². The van der Waals surface area contributed by atoms with Gasteiger partial charge >= 0.3 is 12.1 Å². The number of fused-ring (bicyclic) bond motifs is 3. The molecule has 0 fully saturated rings. The Labute approximate surface area is 170 Å². The van der Waals surface area contributed by atoms with E-state index in [9.17, 15) is 14.7 Å². The molecule has 150 valence electrons. The minimum absolute atomic E-state index is 0.0218. The highest BCUT2D eigenvalue weighted by Gasteiger charge is 2.36. The molecule has 0 radical (unpaired) electrons. The van der Waals surface area contributed by atoms with E-state index in [0.717, 1.165) is 16.7 Å². The largest absolute Gasteiger partial charge is 0.481 e. The summed E-state index contributed by atoms with van der Waals surface area (Å²) >= 11 is 0. The lowest BCUT2D eigenvalue weighted by atomic mass is 9.80. The highest BCUT2D eigenvalue weighted by Crippen LogP contribution is 2.44. The molecule has 0 aromatic heterocycles. The summed E-state index contributed by atoms with van der Waals surface area (Å²) in [6, 6.07) is 15.8. The van der Waals surface area contributed by atoms with Crippen molar-refractivity contribution in [3.05, 3.63) is 71.3 Å². The van der Waals surface area contributed by atoms with Crippen LogP contribution in [0.4, 0.5) is 4.79 Å². The Balaban J connectivity index is 1.48. The Kier molecular flexibility index (Phi) is 5.14. The highest BCUT2D eigenvalue weighted by molar-refractivity contribution is 5.79. The van der Waals surface area contributed by atoms with Gasteiger partial charge in [-0.25, -0.2) is 4.79 Å². The summed E-state index contributed by atoms with van der Waals surface area (Å²) in [5, 5.41) is 12.3. The molecule has 1 amide bonds. The minimum Gasteiger partial charge on any atom is -0.481 e. The lowest BCUT2D eigenvalue weighted by Crippen LogP contribution is -2.46. The topological polar surface area (TPSA) is 75.6 Å². The first kappa shape index (κ1) is 19.2. The van der Waals surface area contributed by atoms with Gasteiger partial charge in [-0.3, -0.25) is 4.79 Å². The van der Waals surface area contributed by atoms with Gasteiger partial charge in [-0.15, -0.1) is 0 Å². The van der Waals surface area contributed by atoms with Gasteiger partial charge in [0.2, 0.25) is 0 Å². The second kappa shape index (κ2) is 7.74. The molecule has 2 N–H and O–H groups in total. The number of hydrogen-bond acceptors (Lipinski definition) is 3. The third kappa shape index (κ3) is 3.65. The first-order valence-electron chi connectivity index (χ1n) is 9.98. The van der Waals surface area contributed by atoms with Crippen molar-refractivity contribution < 1.29 is 19.4 Å². The van der Waals surface area contributed by atoms with Gasteiger partial charge in [0.25, 0.3) is 0 Å². The molecule has 3 atom stereocenters. The van der Waals surface area contributed by atoms with Crippen LogP contribution in [0.1, 0.15) is 37.3 Å². The molecule has 0 aliphatic heterocycles. The van der Waals surface area contributed by atoms with Crippen molar-refractivity contribution in [3.63, 3.8) is 0 Å². The second-order valence-electron chi connectivity index (χ2n) is 8.02. The molecule has 2 aliphatic carbocycles. The number of amides is 1. The van der Waals surface area contributed by atoms with E-state index in [1.165, 1.54) is 11.1 Å². The molecule has 2 aromatic carbocycles. The number of hydrogen-bond donors (Lipinski definition) is 2. The van der Waals surface area contributed by atoms with Crippen molar-refractivity contribution >= 4 is 12.1 Å². The summed E-state index contributed by atoms with van der Waals surface area (Å²) in [4.78, 5) is 24.2. The molecule has 0 spiro atoms. The first-order valence-corrected chi connectivity index (χ1v) is 9.98. The van der Waals surface area contributed by atoms with Gasteiger partial charge in [-0.1, -0.05) is 67.1 Å². The molecule has 5 nitrogen and oxygen atoms in total. The molecule has 29 heavy (non-hydrogen) atoms. The van der Waals surface area contributed by atoms with Crippen LogP contribution in [0, 0.1) is 11.8 Å². The monoisotopic (exact) mass is 391 g/mol. The zero-order valence-corrected chi connectivity index (χ0v) is 16.6. The highest BCUT2D eigenvalue weighted by atomic mass is 16.5. The van der Waals surface area contributed by atoms with Gasteiger partial charge in [0.1, 0.15) is 6.61 Å². The van der Waals surface area contributed by atoms with Crippen LogP contribution in [0.5, 0.6) is 0 Å². The normalized spacial score (nSPS) is 23.0. The maximum absolute atomic E-state index is 12.5. The number of nitrogens with one attached hydrogen (secondary N) is 1. The predicted molar refractivity (Wildman–Crippen MR) is 111 cm³/mol. The van der Waals surface area contributed by atoms with Crippen LogP contribution in [0.25, 0.3) is 11.1 Å². The van der Waals surface area contributed by atoms with Gasteiger partial charge in [0.05, 0.1) is 12.0 Å². The van der Waals surface area contributed by atoms with Gasteiger partial charge in [-0.2, -0.15) is 0 Å². The van der Waals surface area contributed by atoms with Gasteiger partial charge in [0.15, 0.2) is 0 Å². The van der Waals surface area contributed by atoms with Gasteiger partial charge in [0, 0.05) is 5.92 Å². The lowest BCUT2D eigenvalue weighted by Gasteiger charge is -2.31. The van der Waals surface area contributed by atoms with Crippen molar-refractivity contribution in [2.75, 3.05) is 6.61 Å². The zero-order chi connectivity index (χ0) is 20.5. The third-order valence-electron chi connectivity index (χ3n) is 6.00. The third-order valence-corrected chi connectivity index (χ3v) is 6.00. The Bertz CT molecular complexity index is 935. The molecule has 0 bridgehead atoms. The fourth-order valence-corrected chi connectivity index (χ4v) is 4.70. The van der Waals surface area contributed by atoms with Crippen LogP contribution in [0.3, 0.4) is 0 Å². The van der Waals surface area contributed by atoms with E-state index in [2.05, 4.69) is 29.6 Å². The van der Waals surface area contributed by atoms with E-state index in [-0.39, 0.29) is 18.4 Å². The molecule has 0 saturated heterocycles. The molecule has 5 heteroatoms. The fraction of sp³-hybridized carbons (Fsp3) is 0.333. The van der Waals surface area contributed by atoms with Crippen LogP contribution in [0.15, 0.2) is 60.2 Å². The van der Waals surface area contributed by atoms with E-state index < -0.39 is 24.0 Å². The number of aliphatic carboxylic acids is 1. The van der Waals surface area contributed by atoms with Gasteiger partial charge < -0.3 is 15.2 Å². The number of alkyl carbamates (subject to hydrolysis) is 1. The summed E-state index contributed by atoms with van der Waals surface area (Å²) in [7, 11) is 0. The molecule has 2 aromatic rings. The molecular weight excluding hydrogens is 366 g/mol. The quantitative estimate of drug-likeness (QED) is 0.748.